The van der Waals surface area contributed by atoms with Crippen LogP contribution < -0.4 is 4.90 Å². The van der Waals surface area contributed by atoms with Crippen LogP contribution in [0.3, 0.4) is 0 Å². The van der Waals surface area contributed by atoms with Gasteiger partial charge in [0.15, 0.2) is 5.82 Å². The van der Waals surface area contributed by atoms with Gasteiger partial charge in [-0.05, 0) is 25.8 Å². The third kappa shape index (κ3) is 3.69. The summed E-state index contributed by atoms with van der Waals surface area (Å²) in [4.78, 5) is 37.3. The first-order valence-corrected chi connectivity index (χ1v) is 9.68. The molecule has 2 aliphatic heterocycles. The number of rotatable bonds is 5. The zero-order chi connectivity index (χ0) is 19.5. The van der Waals surface area contributed by atoms with Gasteiger partial charge in [0.2, 0.25) is 5.91 Å². The van der Waals surface area contributed by atoms with Crippen LogP contribution in [-0.2, 0) is 14.3 Å². The molecule has 2 aromatic heterocycles. The van der Waals surface area contributed by atoms with Gasteiger partial charge in [-0.15, -0.1) is 0 Å². The van der Waals surface area contributed by atoms with E-state index in [1.54, 1.807) is 17.8 Å². The fourth-order valence-electron chi connectivity index (χ4n) is 3.75. The number of aromatic nitrogens is 4. The number of hydrogen-bond acceptors (Lipinski definition) is 7. The molecule has 2 saturated heterocycles. The van der Waals surface area contributed by atoms with Crippen LogP contribution in [-0.4, -0.2) is 69.3 Å². The largest absolute Gasteiger partial charge is 0.466 e. The zero-order valence-corrected chi connectivity index (χ0v) is 15.9. The van der Waals surface area contributed by atoms with E-state index in [1.807, 2.05) is 23.2 Å². The first-order valence-electron chi connectivity index (χ1n) is 9.68. The van der Waals surface area contributed by atoms with E-state index in [-0.39, 0.29) is 23.7 Å². The normalized spacial score (nSPS) is 20.0. The Labute approximate surface area is 163 Å². The van der Waals surface area contributed by atoms with Gasteiger partial charge in [-0.25, -0.2) is 14.6 Å². The second-order valence-electron chi connectivity index (χ2n) is 7.16. The van der Waals surface area contributed by atoms with Gasteiger partial charge in [0.1, 0.15) is 12.1 Å². The lowest BCUT2D eigenvalue weighted by atomic mass is 9.93. The second kappa shape index (κ2) is 7.95. The maximum absolute atomic E-state index is 12.8. The number of nitrogens with zero attached hydrogens (tertiary/aromatic N) is 6. The highest BCUT2D eigenvalue weighted by molar-refractivity contribution is 5.83. The Bertz CT molecular complexity index is 834. The number of likely N-dealkylation sites (tertiary alicyclic amines) is 1. The minimum Gasteiger partial charge on any atom is -0.466 e. The van der Waals surface area contributed by atoms with Gasteiger partial charge >= 0.3 is 5.97 Å². The van der Waals surface area contributed by atoms with Crippen molar-refractivity contribution < 1.29 is 14.3 Å². The third-order valence-corrected chi connectivity index (χ3v) is 5.29. The lowest BCUT2D eigenvalue weighted by Gasteiger charge is -2.42. The maximum atomic E-state index is 12.8. The lowest BCUT2D eigenvalue weighted by Crippen LogP contribution is -2.56. The van der Waals surface area contributed by atoms with Crippen LogP contribution in [0.25, 0.3) is 5.82 Å². The summed E-state index contributed by atoms with van der Waals surface area (Å²) >= 11 is 0. The van der Waals surface area contributed by atoms with E-state index >= 15 is 0 Å². The van der Waals surface area contributed by atoms with Gasteiger partial charge < -0.3 is 14.5 Å². The van der Waals surface area contributed by atoms with Crippen LogP contribution in [0, 0.1) is 11.8 Å². The van der Waals surface area contributed by atoms with Crippen LogP contribution in [0.5, 0.6) is 0 Å². The van der Waals surface area contributed by atoms with Crippen molar-refractivity contribution >= 4 is 17.7 Å². The van der Waals surface area contributed by atoms with Gasteiger partial charge in [0, 0.05) is 44.6 Å². The molecule has 1 amide bonds. The molecule has 4 rings (SSSR count). The monoisotopic (exact) mass is 384 g/mol. The van der Waals surface area contributed by atoms with E-state index in [0.29, 0.717) is 38.6 Å². The molecule has 4 heterocycles. The molecule has 2 aliphatic rings. The molecule has 148 valence electrons. The quantitative estimate of drug-likeness (QED) is 0.707. The highest BCUT2D eigenvalue weighted by Gasteiger charge is 2.38. The van der Waals surface area contributed by atoms with E-state index in [2.05, 4.69) is 20.0 Å². The number of ether oxygens (including phenoxy) is 1. The maximum Gasteiger partial charge on any atom is 0.310 e. The van der Waals surface area contributed by atoms with Gasteiger partial charge in [0.25, 0.3) is 0 Å². The molecule has 0 bridgehead atoms. The second-order valence-corrected chi connectivity index (χ2v) is 7.16. The summed E-state index contributed by atoms with van der Waals surface area (Å²) in [6.07, 6.45) is 6.66. The number of piperidine rings is 1. The lowest BCUT2D eigenvalue weighted by molar-refractivity contribution is -0.152. The van der Waals surface area contributed by atoms with Crippen LogP contribution in [0.15, 0.2) is 30.9 Å². The highest BCUT2D eigenvalue weighted by atomic mass is 16.5. The Morgan fingerprint density at radius 3 is 2.75 bits per heavy atom. The molecule has 0 saturated carbocycles. The Balaban J connectivity index is 1.34. The van der Waals surface area contributed by atoms with Crippen molar-refractivity contribution in [2.45, 2.75) is 19.8 Å². The van der Waals surface area contributed by atoms with E-state index in [9.17, 15) is 9.59 Å². The van der Waals surface area contributed by atoms with Gasteiger partial charge in [-0.2, -0.15) is 5.10 Å². The standard InChI is InChI=1S/C19H24N6O3/c1-2-28-19(27)14-5-3-7-23(10-14)18(26)15-11-24(12-15)16-9-17(21-13-20-16)25-8-4-6-22-25/h4,6,8-9,13-15H,2-3,5,7,10-12H2,1H3. The van der Waals surface area contributed by atoms with E-state index in [1.165, 1.54) is 6.33 Å². The van der Waals surface area contributed by atoms with Crippen molar-refractivity contribution in [2.24, 2.45) is 11.8 Å². The molecule has 1 unspecified atom stereocenters. The molecule has 0 N–H and O–H groups in total. The summed E-state index contributed by atoms with van der Waals surface area (Å²) in [5.74, 6) is 1.14. The number of anilines is 1. The average molecular weight is 384 g/mol. The predicted molar refractivity (Wildman–Crippen MR) is 101 cm³/mol. The van der Waals surface area contributed by atoms with Gasteiger partial charge in [-0.3, -0.25) is 9.59 Å². The average Bonchev–Trinajstić information content (AvgIpc) is 3.22. The van der Waals surface area contributed by atoms with Crippen molar-refractivity contribution in [1.82, 2.24) is 24.6 Å². The van der Waals surface area contributed by atoms with Crippen LogP contribution in [0.4, 0.5) is 5.82 Å². The van der Waals surface area contributed by atoms with Crippen molar-refractivity contribution in [3.63, 3.8) is 0 Å². The molecule has 0 aromatic carbocycles. The molecule has 0 spiro atoms. The summed E-state index contributed by atoms with van der Waals surface area (Å²) in [6, 6.07) is 3.70. The number of carbonyl (C=O) groups is 2. The Kier molecular flexibility index (Phi) is 5.23. The molecule has 9 heteroatoms. The molecule has 9 nitrogen and oxygen atoms in total. The zero-order valence-electron chi connectivity index (χ0n) is 15.9. The molecule has 2 fully saturated rings. The molecule has 28 heavy (non-hydrogen) atoms. The highest BCUT2D eigenvalue weighted by Crippen LogP contribution is 2.27. The molecule has 0 aliphatic carbocycles. The van der Waals surface area contributed by atoms with Crippen molar-refractivity contribution in [3.8, 4) is 5.82 Å². The van der Waals surface area contributed by atoms with Crippen LogP contribution in [0.2, 0.25) is 0 Å². The smallest absolute Gasteiger partial charge is 0.310 e. The summed E-state index contributed by atoms with van der Waals surface area (Å²) in [5.41, 5.74) is 0. The van der Waals surface area contributed by atoms with Gasteiger partial charge in [0.05, 0.1) is 18.4 Å². The fraction of sp³-hybridized carbons (Fsp3) is 0.526. The molecule has 0 radical (unpaired) electrons. The fourth-order valence-corrected chi connectivity index (χ4v) is 3.75. The molecular weight excluding hydrogens is 360 g/mol. The Morgan fingerprint density at radius 1 is 1.18 bits per heavy atom. The number of hydrogen-bond donors (Lipinski definition) is 0. The SMILES string of the molecule is CCOC(=O)C1CCCN(C(=O)C2CN(c3cc(-n4cccn4)ncn3)C2)C1. The van der Waals surface area contributed by atoms with E-state index in [0.717, 1.165) is 18.7 Å². The minimum absolute atomic E-state index is 0.0657. The first-order chi connectivity index (χ1) is 13.7. The molecule has 1 atom stereocenters. The van der Waals surface area contributed by atoms with Crippen molar-refractivity contribution in [2.75, 3.05) is 37.7 Å². The van der Waals surface area contributed by atoms with E-state index < -0.39 is 0 Å². The summed E-state index contributed by atoms with van der Waals surface area (Å²) < 4.78 is 6.80. The van der Waals surface area contributed by atoms with Gasteiger partial charge in [-0.1, -0.05) is 0 Å². The van der Waals surface area contributed by atoms with E-state index in [4.69, 9.17) is 4.74 Å². The van der Waals surface area contributed by atoms with Crippen LogP contribution >= 0.6 is 0 Å². The molecular formula is C19H24N6O3. The Hall–Kier alpha value is -2.97. The Morgan fingerprint density at radius 2 is 2.00 bits per heavy atom. The molecule has 2 aromatic rings. The third-order valence-electron chi connectivity index (χ3n) is 5.29. The minimum atomic E-state index is -0.202. The van der Waals surface area contributed by atoms with Crippen LogP contribution in [0.1, 0.15) is 19.8 Å². The van der Waals surface area contributed by atoms with Crippen molar-refractivity contribution in [1.29, 1.82) is 0 Å². The number of carbonyl (C=O) groups excluding carboxylic acids is 2. The number of amides is 1. The van der Waals surface area contributed by atoms with Crippen molar-refractivity contribution in [3.05, 3.63) is 30.9 Å². The summed E-state index contributed by atoms with van der Waals surface area (Å²) in [7, 11) is 0. The predicted octanol–water partition coefficient (Wildman–Crippen LogP) is 0.900. The number of esters is 1. The summed E-state index contributed by atoms with van der Waals surface area (Å²) in [5, 5.41) is 4.18. The first kappa shape index (κ1) is 18.4. The summed E-state index contributed by atoms with van der Waals surface area (Å²) in [6.45, 7) is 4.59. The topological polar surface area (TPSA) is 93.5 Å².